The lowest BCUT2D eigenvalue weighted by Gasteiger charge is -2.16. The van der Waals surface area contributed by atoms with Gasteiger partial charge >= 0.3 is 0 Å². The number of imidazole rings is 1. The van der Waals surface area contributed by atoms with Crippen LogP contribution < -0.4 is 0 Å². The van der Waals surface area contributed by atoms with Gasteiger partial charge in [-0.15, -0.1) is 0 Å². The van der Waals surface area contributed by atoms with Crippen LogP contribution in [-0.4, -0.2) is 31.2 Å². The Hall–Kier alpha value is -0.390. The summed E-state index contributed by atoms with van der Waals surface area (Å²) in [5, 5.41) is 19.8. The molecule has 13 heavy (non-hydrogen) atoms. The van der Waals surface area contributed by atoms with Crippen molar-refractivity contribution in [2.24, 2.45) is 7.05 Å². The van der Waals surface area contributed by atoms with E-state index < -0.39 is 12.2 Å². The molecule has 0 fully saturated rings. The summed E-state index contributed by atoms with van der Waals surface area (Å²) in [7, 11) is 1.78. The molecule has 0 saturated carbocycles. The zero-order valence-electron chi connectivity index (χ0n) is 7.39. The molecular weight excluding hydrogens is 236 g/mol. The maximum absolute atomic E-state index is 9.64. The number of rotatable bonds is 4. The Morgan fingerprint density at radius 1 is 1.62 bits per heavy atom. The Labute approximate surface area is 85.4 Å². The third-order valence-corrected chi connectivity index (χ3v) is 2.35. The first-order valence-electron chi connectivity index (χ1n) is 4.06. The summed E-state index contributed by atoms with van der Waals surface area (Å²) >= 11 is 3.20. The highest BCUT2D eigenvalue weighted by molar-refractivity contribution is 9.09. The minimum absolute atomic E-state index is 0.494. The summed E-state index contributed by atoms with van der Waals surface area (Å²) in [6.07, 6.45) is 2.17. The second-order valence-electron chi connectivity index (χ2n) is 2.89. The van der Waals surface area contributed by atoms with Crippen molar-refractivity contribution in [3.63, 3.8) is 0 Å². The van der Waals surface area contributed by atoms with Gasteiger partial charge in [-0.1, -0.05) is 15.9 Å². The van der Waals surface area contributed by atoms with Gasteiger partial charge in [0.15, 0.2) is 0 Å². The van der Waals surface area contributed by atoms with E-state index in [1.54, 1.807) is 24.0 Å². The lowest BCUT2D eigenvalue weighted by molar-refractivity contribution is 0.0105. The summed E-state index contributed by atoms with van der Waals surface area (Å²) in [4.78, 5) is 3.96. The molecule has 4 nitrogen and oxygen atoms in total. The number of aromatic nitrogens is 2. The average Bonchev–Trinajstić information content (AvgIpc) is 2.50. The highest BCUT2D eigenvalue weighted by Crippen LogP contribution is 2.16. The molecule has 1 rings (SSSR count). The quantitative estimate of drug-likeness (QED) is 0.768. The van der Waals surface area contributed by atoms with E-state index in [4.69, 9.17) is 0 Å². The van der Waals surface area contributed by atoms with Crippen LogP contribution in [-0.2, 0) is 7.05 Å². The van der Waals surface area contributed by atoms with Crippen molar-refractivity contribution < 1.29 is 10.2 Å². The van der Waals surface area contributed by atoms with Gasteiger partial charge in [0.1, 0.15) is 11.9 Å². The first-order chi connectivity index (χ1) is 6.16. The molecule has 2 N–H and O–H groups in total. The average molecular weight is 249 g/mol. The van der Waals surface area contributed by atoms with Crippen LogP contribution in [0.5, 0.6) is 0 Å². The normalized spacial score (nSPS) is 15.7. The molecule has 2 unspecified atom stereocenters. The number of aliphatic hydroxyl groups is 2. The fourth-order valence-corrected chi connectivity index (χ4v) is 1.57. The van der Waals surface area contributed by atoms with Crippen LogP contribution in [0.1, 0.15) is 18.3 Å². The van der Waals surface area contributed by atoms with E-state index in [1.807, 2.05) is 0 Å². The van der Waals surface area contributed by atoms with Gasteiger partial charge in [0, 0.05) is 24.8 Å². The maximum Gasteiger partial charge on any atom is 0.140 e. The van der Waals surface area contributed by atoms with Crippen LogP contribution in [0.25, 0.3) is 0 Å². The molecule has 0 aliphatic carbocycles. The zero-order chi connectivity index (χ0) is 9.84. The van der Waals surface area contributed by atoms with Gasteiger partial charge < -0.3 is 14.8 Å². The van der Waals surface area contributed by atoms with Crippen LogP contribution in [0.4, 0.5) is 0 Å². The molecule has 0 aromatic carbocycles. The number of nitrogens with zero attached hydrogens (tertiary/aromatic N) is 2. The van der Waals surface area contributed by atoms with Gasteiger partial charge in [0.05, 0.1) is 6.10 Å². The fraction of sp³-hybridized carbons (Fsp3) is 0.625. The summed E-state index contributed by atoms with van der Waals surface area (Å²) in [6, 6.07) is 0. The highest BCUT2D eigenvalue weighted by Gasteiger charge is 2.20. The first kappa shape index (κ1) is 10.7. The molecule has 0 aliphatic heterocycles. The minimum Gasteiger partial charge on any atom is -0.390 e. The standard InChI is InChI=1S/C8H13BrN2O2/c1-11-5-4-10-8(11)7(13)6(12)2-3-9/h4-7,12-13H,2-3H2,1H3. The van der Waals surface area contributed by atoms with Crippen molar-refractivity contribution in [3.05, 3.63) is 18.2 Å². The van der Waals surface area contributed by atoms with Crippen molar-refractivity contribution in [2.75, 3.05) is 5.33 Å². The van der Waals surface area contributed by atoms with E-state index in [1.165, 1.54) is 0 Å². The van der Waals surface area contributed by atoms with Crippen molar-refractivity contribution >= 4 is 15.9 Å². The first-order valence-corrected chi connectivity index (χ1v) is 5.18. The Bertz CT molecular complexity index is 264. The van der Waals surface area contributed by atoms with Crippen molar-refractivity contribution in [1.29, 1.82) is 0 Å². The Morgan fingerprint density at radius 2 is 2.31 bits per heavy atom. The van der Waals surface area contributed by atoms with Crippen molar-refractivity contribution in [3.8, 4) is 0 Å². The molecule has 0 spiro atoms. The number of aliphatic hydroxyl groups excluding tert-OH is 2. The number of aryl methyl sites for hydroxylation is 1. The molecule has 0 radical (unpaired) electrons. The van der Waals surface area contributed by atoms with Crippen LogP contribution in [0.2, 0.25) is 0 Å². The summed E-state index contributed by atoms with van der Waals surface area (Å²) in [5.41, 5.74) is 0. The molecule has 0 bridgehead atoms. The topological polar surface area (TPSA) is 58.3 Å². The number of alkyl halides is 1. The van der Waals surface area contributed by atoms with Crippen molar-refractivity contribution in [2.45, 2.75) is 18.6 Å². The SMILES string of the molecule is Cn1ccnc1C(O)C(O)CCBr. The summed E-state index contributed by atoms with van der Waals surface area (Å²) in [6.45, 7) is 0. The van der Waals surface area contributed by atoms with Gasteiger partial charge in [-0.3, -0.25) is 0 Å². The van der Waals surface area contributed by atoms with E-state index in [-0.39, 0.29) is 0 Å². The van der Waals surface area contributed by atoms with Gasteiger partial charge in [0.25, 0.3) is 0 Å². The number of hydrogen-bond acceptors (Lipinski definition) is 3. The Morgan fingerprint density at radius 3 is 2.77 bits per heavy atom. The summed E-state index contributed by atoms with van der Waals surface area (Å²) < 4.78 is 1.70. The van der Waals surface area contributed by atoms with E-state index >= 15 is 0 Å². The van der Waals surface area contributed by atoms with Gasteiger partial charge in [0.2, 0.25) is 0 Å². The number of hydrogen-bond donors (Lipinski definition) is 2. The maximum atomic E-state index is 9.64. The van der Waals surface area contributed by atoms with Gasteiger partial charge in [-0.05, 0) is 6.42 Å². The predicted molar refractivity (Wildman–Crippen MR) is 52.6 cm³/mol. The predicted octanol–water partition coefficient (Wildman–Crippen LogP) is 0.599. The molecule has 0 aliphatic rings. The molecule has 0 amide bonds. The lowest BCUT2D eigenvalue weighted by Crippen LogP contribution is -2.21. The van der Waals surface area contributed by atoms with Gasteiger partial charge in [-0.2, -0.15) is 0 Å². The van der Waals surface area contributed by atoms with E-state index in [0.717, 1.165) is 0 Å². The third-order valence-electron chi connectivity index (χ3n) is 1.89. The number of halogens is 1. The molecule has 74 valence electrons. The van der Waals surface area contributed by atoms with Crippen molar-refractivity contribution in [1.82, 2.24) is 9.55 Å². The van der Waals surface area contributed by atoms with E-state index in [9.17, 15) is 10.2 Å². The molecule has 1 aromatic heterocycles. The van der Waals surface area contributed by atoms with Crippen LogP contribution in [0, 0.1) is 0 Å². The lowest BCUT2D eigenvalue weighted by atomic mass is 10.1. The molecule has 0 saturated heterocycles. The largest absolute Gasteiger partial charge is 0.390 e. The second kappa shape index (κ2) is 4.74. The van der Waals surface area contributed by atoms with E-state index in [0.29, 0.717) is 17.6 Å². The Balaban J connectivity index is 2.67. The highest BCUT2D eigenvalue weighted by atomic mass is 79.9. The molecule has 5 heteroatoms. The van der Waals surface area contributed by atoms with Crippen LogP contribution >= 0.6 is 15.9 Å². The monoisotopic (exact) mass is 248 g/mol. The van der Waals surface area contributed by atoms with Gasteiger partial charge in [-0.25, -0.2) is 4.98 Å². The third kappa shape index (κ3) is 2.52. The zero-order valence-corrected chi connectivity index (χ0v) is 8.98. The summed E-state index contributed by atoms with van der Waals surface area (Å²) in [5.74, 6) is 0.494. The molecular formula is C8H13BrN2O2. The molecule has 1 aromatic rings. The van der Waals surface area contributed by atoms with Crippen LogP contribution in [0.15, 0.2) is 12.4 Å². The van der Waals surface area contributed by atoms with E-state index in [2.05, 4.69) is 20.9 Å². The van der Waals surface area contributed by atoms with Crippen LogP contribution in [0.3, 0.4) is 0 Å². The molecule has 1 heterocycles. The Kier molecular flexibility index (Phi) is 3.90. The fourth-order valence-electron chi connectivity index (χ4n) is 1.10. The molecule has 2 atom stereocenters. The minimum atomic E-state index is -0.905. The smallest absolute Gasteiger partial charge is 0.140 e. The second-order valence-corrected chi connectivity index (χ2v) is 3.68.